The molecule has 8 nitrogen and oxygen atoms in total. The first kappa shape index (κ1) is 17.5. The fourth-order valence-electron chi connectivity index (χ4n) is 3.71. The minimum absolute atomic E-state index is 0.0604. The molecule has 2 aliphatic heterocycles. The minimum atomic E-state index is -0.428. The van der Waals surface area contributed by atoms with Crippen molar-refractivity contribution in [2.45, 2.75) is 25.8 Å². The van der Waals surface area contributed by atoms with Gasteiger partial charge in [-0.05, 0) is 13.0 Å². The number of fused-ring (bicyclic) bond motifs is 1. The Morgan fingerprint density at radius 1 is 1.36 bits per heavy atom. The van der Waals surface area contributed by atoms with Crippen LogP contribution in [0.3, 0.4) is 0 Å². The molecule has 2 aliphatic rings. The molecule has 0 amide bonds. The molecule has 0 bridgehead atoms. The zero-order valence-corrected chi connectivity index (χ0v) is 14.8. The monoisotopic (exact) mass is 348 g/mol. The lowest BCUT2D eigenvalue weighted by atomic mass is 9.85. The zero-order valence-electron chi connectivity index (χ0n) is 14.8. The predicted octanol–water partition coefficient (Wildman–Crippen LogP) is 2.34. The molecule has 0 aliphatic carbocycles. The van der Waals surface area contributed by atoms with Gasteiger partial charge in [-0.3, -0.25) is 10.1 Å². The number of nitro benzene ring substituents is 1. The second-order valence-electron chi connectivity index (χ2n) is 6.39. The van der Waals surface area contributed by atoms with Crippen LogP contribution in [0, 0.1) is 16.0 Å². The molecule has 25 heavy (non-hydrogen) atoms. The van der Waals surface area contributed by atoms with Gasteiger partial charge in [0.05, 0.1) is 25.2 Å². The molecule has 1 fully saturated rings. The normalized spacial score (nSPS) is 22.8. The largest absolute Gasteiger partial charge is 0.496 e. The quantitative estimate of drug-likeness (QED) is 0.627. The number of hydrogen-bond donors (Lipinski definition) is 1. The van der Waals surface area contributed by atoms with Gasteiger partial charge < -0.3 is 19.8 Å². The maximum atomic E-state index is 11.4. The van der Waals surface area contributed by atoms with Crippen LogP contribution in [-0.4, -0.2) is 49.4 Å². The average Bonchev–Trinajstić information content (AvgIpc) is 3.03. The van der Waals surface area contributed by atoms with E-state index in [4.69, 9.17) is 9.47 Å². The summed E-state index contributed by atoms with van der Waals surface area (Å²) in [5.41, 5.74) is 5.00. The maximum Gasteiger partial charge on any atom is 0.311 e. The van der Waals surface area contributed by atoms with Crippen molar-refractivity contribution in [2.24, 2.45) is 11.0 Å². The molecule has 2 heterocycles. The SMILES string of the molecule is CCCN1CCC2=NNC(c3cc([N+](=O)[O-])c(OC)cc3OC)C2C1. The number of nitrogens with zero attached hydrogens (tertiary/aromatic N) is 3. The van der Waals surface area contributed by atoms with Gasteiger partial charge in [-0.2, -0.15) is 5.10 Å². The highest BCUT2D eigenvalue weighted by molar-refractivity contribution is 5.90. The van der Waals surface area contributed by atoms with Gasteiger partial charge in [0.25, 0.3) is 0 Å². The van der Waals surface area contributed by atoms with Crippen LogP contribution in [0.4, 0.5) is 5.69 Å². The van der Waals surface area contributed by atoms with Crippen molar-refractivity contribution in [1.29, 1.82) is 0 Å². The summed E-state index contributed by atoms with van der Waals surface area (Å²) in [4.78, 5) is 13.4. The van der Waals surface area contributed by atoms with E-state index in [9.17, 15) is 10.1 Å². The number of hydrogen-bond acceptors (Lipinski definition) is 7. The van der Waals surface area contributed by atoms with Gasteiger partial charge in [-0.1, -0.05) is 6.92 Å². The minimum Gasteiger partial charge on any atom is -0.496 e. The van der Waals surface area contributed by atoms with Crippen molar-refractivity contribution in [1.82, 2.24) is 10.3 Å². The van der Waals surface area contributed by atoms with Crippen molar-refractivity contribution in [3.05, 3.63) is 27.8 Å². The molecule has 1 aromatic rings. The number of piperidine rings is 1. The number of hydrazone groups is 1. The Balaban J connectivity index is 1.95. The molecular weight excluding hydrogens is 324 g/mol. The highest BCUT2D eigenvalue weighted by atomic mass is 16.6. The first-order chi connectivity index (χ1) is 12.1. The van der Waals surface area contributed by atoms with E-state index >= 15 is 0 Å². The van der Waals surface area contributed by atoms with Crippen LogP contribution < -0.4 is 14.9 Å². The molecule has 0 saturated carbocycles. The number of likely N-dealkylation sites (tertiary alicyclic amines) is 1. The van der Waals surface area contributed by atoms with E-state index in [2.05, 4.69) is 22.4 Å². The van der Waals surface area contributed by atoms with E-state index in [0.29, 0.717) is 5.75 Å². The van der Waals surface area contributed by atoms with Gasteiger partial charge in [0.2, 0.25) is 5.75 Å². The Hall–Kier alpha value is -2.35. The number of benzene rings is 1. The Kier molecular flexibility index (Phi) is 5.08. The van der Waals surface area contributed by atoms with E-state index in [1.54, 1.807) is 19.2 Å². The molecule has 3 rings (SSSR count). The average molecular weight is 348 g/mol. The third-order valence-electron chi connectivity index (χ3n) is 4.92. The molecule has 1 saturated heterocycles. The van der Waals surface area contributed by atoms with Crippen LogP contribution in [0.1, 0.15) is 31.4 Å². The van der Waals surface area contributed by atoms with E-state index < -0.39 is 4.92 Å². The van der Waals surface area contributed by atoms with Crippen molar-refractivity contribution in [3.63, 3.8) is 0 Å². The first-order valence-corrected chi connectivity index (χ1v) is 8.53. The van der Waals surface area contributed by atoms with Crippen LogP contribution in [0.5, 0.6) is 11.5 Å². The summed E-state index contributed by atoms with van der Waals surface area (Å²) in [5.74, 6) is 0.965. The van der Waals surface area contributed by atoms with Gasteiger partial charge in [-0.25, -0.2) is 0 Å². The molecule has 0 aromatic heterocycles. The van der Waals surface area contributed by atoms with Crippen LogP contribution in [0.2, 0.25) is 0 Å². The highest BCUT2D eigenvalue weighted by Gasteiger charge is 2.39. The molecule has 2 unspecified atom stereocenters. The van der Waals surface area contributed by atoms with Gasteiger partial charge in [0.1, 0.15) is 5.75 Å². The summed E-state index contributed by atoms with van der Waals surface area (Å²) < 4.78 is 10.6. The van der Waals surface area contributed by atoms with Crippen molar-refractivity contribution in [3.8, 4) is 11.5 Å². The molecule has 8 heteroatoms. The van der Waals surface area contributed by atoms with Crippen molar-refractivity contribution >= 4 is 11.4 Å². The van der Waals surface area contributed by atoms with Crippen molar-refractivity contribution in [2.75, 3.05) is 33.9 Å². The lowest BCUT2D eigenvalue weighted by molar-refractivity contribution is -0.385. The third kappa shape index (κ3) is 3.26. The second kappa shape index (κ2) is 7.26. The molecular formula is C17H24N4O4. The van der Waals surface area contributed by atoms with Crippen LogP contribution >= 0.6 is 0 Å². The Morgan fingerprint density at radius 2 is 2.12 bits per heavy atom. The highest BCUT2D eigenvalue weighted by Crippen LogP contribution is 2.42. The van der Waals surface area contributed by atoms with Crippen LogP contribution in [0.15, 0.2) is 17.2 Å². The topological polar surface area (TPSA) is 89.2 Å². The molecule has 2 atom stereocenters. The van der Waals surface area contributed by atoms with Crippen molar-refractivity contribution < 1.29 is 14.4 Å². The van der Waals surface area contributed by atoms with Gasteiger partial charge >= 0.3 is 5.69 Å². The van der Waals surface area contributed by atoms with Gasteiger partial charge in [-0.15, -0.1) is 0 Å². The lowest BCUT2D eigenvalue weighted by Gasteiger charge is -2.33. The van der Waals surface area contributed by atoms with Crippen LogP contribution in [-0.2, 0) is 0 Å². The second-order valence-corrected chi connectivity index (χ2v) is 6.39. The Morgan fingerprint density at radius 3 is 2.76 bits per heavy atom. The van der Waals surface area contributed by atoms with Gasteiger partial charge in [0, 0.05) is 48.8 Å². The summed E-state index contributed by atoms with van der Waals surface area (Å²) >= 11 is 0. The number of nitro groups is 1. The predicted molar refractivity (Wildman–Crippen MR) is 94.4 cm³/mol. The summed E-state index contributed by atoms with van der Waals surface area (Å²) in [6.07, 6.45) is 2.03. The van der Waals surface area contributed by atoms with E-state index in [1.165, 1.54) is 7.11 Å². The molecule has 136 valence electrons. The molecule has 1 N–H and O–H groups in total. The van der Waals surface area contributed by atoms with Gasteiger partial charge in [0.15, 0.2) is 0 Å². The molecule has 0 spiro atoms. The third-order valence-corrected chi connectivity index (χ3v) is 4.92. The zero-order chi connectivity index (χ0) is 18.0. The molecule has 1 aromatic carbocycles. The van der Waals surface area contributed by atoms with Crippen LogP contribution in [0.25, 0.3) is 0 Å². The lowest BCUT2D eigenvalue weighted by Crippen LogP contribution is -2.42. The molecule has 0 radical (unpaired) electrons. The summed E-state index contributed by atoms with van der Waals surface area (Å²) in [6.45, 7) is 5.13. The van der Waals surface area contributed by atoms with E-state index in [1.807, 2.05) is 0 Å². The number of rotatable bonds is 6. The standard InChI is InChI=1S/C17H24N4O4/c1-4-6-20-7-5-13-12(10-20)17(19-18-13)11-8-14(21(22)23)16(25-3)9-15(11)24-2/h8-9,12,17,19H,4-7,10H2,1-3H3. The Bertz CT molecular complexity index is 691. The summed E-state index contributed by atoms with van der Waals surface area (Å²) in [6, 6.07) is 3.00. The number of nitrogens with one attached hydrogen (secondary N) is 1. The fourth-order valence-corrected chi connectivity index (χ4v) is 3.71. The number of methoxy groups -OCH3 is 2. The maximum absolute atomic E-state index is 11.4. The van der Waals surface area contributed by atoms with E-state index in [-0.39, 0.29) is 23.4 Å². The number of ether oxygens (including phenoxy) is 2. The summed E-state index contributed by atoms with van der Waals surface area (Å²) in [5, 5.41) is 15.9. The Labute approximate surface area is 146 Å². The van der Waals surface area contributed by atoms with E-state index in [0.717, 1.165) is 43.8 Å². The summed E-state index contributed by atoms with van der Waals surface area (Å²) in [7, 11) is 2.98. The smallest absolute Gasteiger partial charge is 0.311 e. The fraction of sp³-hybridized carbons (Fsp3) is 0.588. The first-order valence-electron chi connectivity index (χ1n) is 8.53.